The van der Waals surface area contributed by atoms with Gasteiger partial charge in [-0.1, -0.05) is 29.8 Å². The molecule has 1 aliphatic carbocycles. The van der Waals surface area contributed by atoms with Gasteiger partial charge in [0.05, 0.1) is 6.26 Å². The number of anilines is 1. The molecule has 0 saturated carbocycles. The molecule has 2 aliphatic rings. The zero-order chi connectivity index (χ0) is 23.8. The molecule has 0 unspecified atom stereocenters. The molecule has 3 aromatic rings. The Morgan fingerprint density at radius 3 is 2.59 bits per heavy atom. The number of nitrogens with one attached hydrogen (secondary N) is 2. The summed E-state index contributed by atoms with van der Waals surface area (Å²) in [5.74, 6) is 0.410. The maximum absolute atomic E-state index is 13.5. The van der Waals surface area contributed by atoms with Crippen molar-refractivity contribution in [2.45, 2.75) is 38.5 Å². The molecule has 6 nitrogen and oxygen atoms in total. The monoisotopic (exact) mass is 473 g/mol. The van der Waals surface area contributed by atoms with Crippen LogP contribution in [0.2, 0.25) is 5.02 Å². The van der Waals surface area contributed by atoms with Crippen LogP contribution in [0.4, 0.5) is 5.82 Å². The molecule has 2 aromatic heterocycles. The standard InChI is InChI=1S/C27H24ClN3O3/c1-15-5-3-7-23(29-15)31-27(33)24-16(2)30-20-13-18(22-6-4-12-34-22)14-21(32)26(20)25(24)17-8-10-19(28)11-9-17/h3-12,18,25,30H,13-14H2,1-2H3,(H,29,31,33)/t18-,25+/m1/s1. The summed E-state index contributed by atoms with van der Waals surface area (Å²) in [6.45, 7) is 3.73. The van der Waals surface area contributed by atoms with Gasteiger partial charge in [0.15, 0.2) is 5.78 Å². The van der Waals surface area contributed by atoms with E-state index in [-0.39, 0.29) is 17.6 Å². The second-order valence-corrected chi connectivity index (χ2v) is 9.14. The minimum Gasteiger partial charge on any atom is -0.469 e. The second kappa shape index (κ2) is 8.95. The third-order valence-corrected chi connectivity index (χ3v) is 6.60. The van der Waals surface area contributed by atoms with Gasteiger partial charge in [0.1, 0.15) is 11.6 Å². The number of ketones is 1. The summed E-state index contributed by atoms with van der Waals surface area (Å²) in [4.78, 5) is 31.5. The summed E-state index contributed by atoms with van der Waals surface area (Å²) < 4.78 is 5.59. The van der Waals surface area contributed by atoms with Crippen molar-refractivity contribution in [2.24, 2.45) is 0 Å². The first-order valence-electron chi connectivity index (χ1n) is 11.2. The highest BCUT2D eigenvalue weighted by molar-refractivity contribution is 6.30. The van der Waals surface area contributed by atoms with E-state index in [1.807, 2.05) is 50.2 Å². The number of Topliss-reactive ketones (excluding diaryl/α,β-unsaturated/α-hetero) is 1. The highest BCUT2D eigenvalue weighted by Crippen LogP contribution is 2.45. The Morgan fingerprint density at radius 2 is 1.88 bits per heavy atom. The number of aryl methyl sites for hydroxylation is 1. The van der Waals surface area contributed by atoms with Crippen LogP contribution in [-0.4, -0.2) is 16.7 Å². The largest absolute Gasteiger partial charge is 0.469 e. The number of dihydropyridines is 1. The Morgan fingerprint density at radius 1 is 1.09 bits per heavy atom. The van der Waals surface area contributed by atoms with Crippen molar-refractivity contribution in [1.82, 2.24) is 10.3 Å². The molecule has 1 aliphatic heterocycles. The van der Waals surface area contributed by atoms with Gasteiger partial charge in [-0.15, -0.1) is 0 Å². The molecule has 7 heteroatoms. The van der Waals surface area contributed by atoms with Crippen LogP contribution in [0, 0.1) is 6.92 Å². The van der Waals surface area contributed by atoms with E-state index < -0.39 is 5.92 Å². The molecular weight excluding hydrogens is 450 g/mol. The van der Waals surface area contributed by atoms with Crippen molar-refractivity contribution in [3.05, 3.63) is 105 Å². The minimum atomic E-state index is -0.511. The quantitative estimate of drug-likeness (QED) is 0.512. The van der Waals surface area contributed by atoms with Crippen LogP contribution in [0.5, 0.6) is 0 Å². The Balaban J connectivity index is 1.56. The first kappa shape index (κ1) is 22.2. The highest BCUT2D eigenvalue weighted by Gasteiger charge is 2.41. The van der Waals surface area contributed by atoms with Crippen LogP contribution in [-0.2, 0) is 9.59 Å². The maximum atomic E-state index is 13.5. The molecule has 1 amide bonds. The fourth-order valence-electron chi connectivity index (χ4n) is 4.85. The van der Waals surface area contributed by atoms with Crippen LogP contribution in [0.25, 0.3) is 0 Å². The van der Waals surface area contributed by atoms with Gasteiger partial charge in [0.25, 0.3) is 5.91 Å². The van der Waals surface area contributed by atoms with E-state index in [1.54, 1.807) is 24.5 Å². The number of aromatic nitrogens is 1. The number of rotatable bonds is 4. The third-order valence-electron chi connectivity index (χ3n) is 6.35. The van der Waals surface area contributed by atoms with Gasteiger partial charge in [0.2, 0.25) is 0 Å². The average molecular weight is 474 g/mol. The number of hydrogen-bond donors (Lipinski definition) is 2. The summed E-state index contributed by atoms with van der Waals surface area (Å²) in [5.41, 5.74) is 4.30. The van der Waals surface area contributed by atoms with Crippen molar-refractivity contribution in [1.29, 1.82) is 0 Å². The second-order valence-electron chi connectivity index (χ2n) is 8.70. The minimum absolute atomic E-state index is 0.00146. The van der Waals surface area contributed by atoms with Gasteiger partial charge >= 0.3 is 0 Å². The fraction of sp³-hybridized carbons (Fsp3) is 0.222. The molecular formula is C27H24ClN3O3. The molecule has 1 aromatic carbocycles. The zero-order valence-corrected chi connectivity index (χ0v) is 19.6. The number of furan rings is 1. The lowest BCUT2D eigenvalue weighted by molar-refractivity contribution is -0.116. The molecule has 2 N–H and O–H groups in total. The predicted molar refractivity (Wildman–Crippen MR) is 130 cm³/mol. The number of benzene rings is 1. The maximum Gasteiger partial charge on any atom is 0.255 e. The summed E-state index contributed by atoms with van der Waals surface area (Å²) in [7, 11) is 0. The van der Waals surface area contributed by atoms with Gasteiger partial charge < -0.3 is 15.1 Å². The lowest BCUT2D eigenvalue weighted by atomic mass is 9.72. The molecule has 5 rings (SSSR count). The number of pyridine rings is 1. The smallest absolute Gasteiger partial charge is 0.255 e. The Hall–Kier alpha value is -3.64. The number of carbonyl (C=O) groups excluding carboxylic acids is 2. The van der Waals surface area contributed by atoms with Gasteiger partial charge in [-0.3, -0.25) is 9.59 Å². The van der Waals surface area contributed by atoms with Crippen molar-refractivity contribution >= 4 is 29.1 Å². The average Bonchev–Trinajstić information content (AvgIpc) is 3.33. The Labute approximate surface area is 202 Å². The lowest BCUT2D eigenvalue weighted by Crippen LogP contribution is -2.37. The summed E-state index contributed by atoms with van der Waals surface area (Å²) in [5, 5.41) is 6.87. The normalized spacial score (nSPS) is 20.1. The summed E-state index contributed by atoms with van der Waals surface area (Å²) >= 11 is 6.14. The highest BCUT2D eigenvalue weighted by atomic mass is 35.5. The van der Waals surface area contributed by atoms with Crippen LogP contribution >= 0.6 is 11.6 Å². The van der Waals surface area contributed by atoms with E-state index >= 15 is 0 Å². The van der Waals surface area contributed by atoms with Gasteiger partial charge in [-0.25, -0.2) is 4.98 Å². The van der Waals surface area contributed by atoms with E-state index in [1.165, 1.54) is 0 Å². The summed E-state index contributed by atoms with van der Waals surface area (Å²) in [6, 6.07) is 16.5. The molecule has 0 bridgehead atoms. The molecule has 0 fully saturated rings. The molecule has 0 saturated heterocycles. The van der Waals surface area contributed by atoms with Gasteiger partial charge in [-0.2, -0.15) is 0 Å². The van der Waals surface area contributed by atoms with Crippen LogP contribution in [0.1, 0.15) is 48.6 Å². The molecule has 3 heterocycles. The zero-order valence-electron chi connectivity index (χ0n) is 18.9. The van der Waals surface area contributed by atoms with Crippen molar-refractivity contribution in [3.8, 4) is 0 Å². The molecule has 0 radical (unpaired) electrons. The Bertz CT molecular complexity index is 1320. The number of carbonyl (C=O) groups is 2. The van der Waals surface area contributed by atoms with Crippen molar-refractivity contribution < 1.29 is 14.0 Å². The Kier molecular flexibility index (Phi) is 5.84. The topological polar surface area (TPSA) is 84.2 Å². The van der Waals surface area contributed by atoms with Crippen LogP contribution in [0.3, 0.4) is 0 Å². The van der Waals surface area contributed by atoms with Crippen LogP contribution < -0.4 is 10.6 Å². The first-order chi connectivity index (χ1) is 16.4. The van der Waals surface area contributed by atoms with E-state index in [0.717, 1.165) is 22.7 Å². The van der Waals surface area contributed by atoms with E-state index in [4.69, 9.17) is 16.0 Å². The third kappa shape index (κ3) is 4.17. The van der Waals surface area contributed by atoms with E-state index in [9.17, 15) is 9.59 Å². The van der Waals surface area contributed by atoms with Crippen molar-refractivity contribution in [3.63, 3.8) is 0 Å². The van der Waals surface area contributed by atoms with Crippen LogP contribution in [0.15, 0.2) is 87.8 Å². The molecule has 0 spiro atoms. The lowest BCUT2D eigenvalue weighted by Gasteiger charge is -2.36. The number of halogens is 1. The SMILES string of the molecule is CC1=C(C(=O)Nc2cccc(C)n2)[C@H](c2ccc(Cl)cc2)C2=C(C[C@@H](c3ccco3)CC2=O)N1. The number of hydrogen-bond acceptors (Lipinski definition) is 5. The van der Waals surface area contributed by atoms with Gasteiger partial charge in [0, 0.05) is 51.5 Å². The fourth-order valence-corrected chi connectivity index (χ4v) is 4.98. The first-order valence-corrected chi connectivity index (χ1v) is 11.6. The molecule has 172 valence electrons. The van der Waals surface area contributed by atoms with E-state index in [2.05, 4.69) is 15.6 Å². The summed E-state index contributed by atoms with van der Waals surface area (Å²) in [6.07, 6.45) is 2.58. The predicted octanol–water partition coefficient (Wildman–Crippen LogP) is 5.64. The number of allylic oxidation sites excluding steroid dienone is 3. The number of nitrogens with zero attached hydrogens (tertiary/aromatic N) is 1. The van der Waals surface area contributed by atoms with Crippen molar-refractivity contribution in [2.75, 3.05) is 5.32 Å². The molecule has 2 atom stereocenters. The molecule has 34 heavy (non-hydrogen) atoms. The number of amides is 1. The van der Waals surface area contributed by atoms with E-state index in [0.29, 0.717) is 40.5 Å². The van der Waals surface area contributed by atoms with Gasteiger partial charge in [-0.05, 0) is 62.2 Å².